The number of nitrogens with zero attached hydrogens (tertiary/aromatic N) is 2. The van der Waals surface area contributed by atoms with Crippen molar-refractivity contribution in [1.82, 2.24) is 9.27 Å². The summed E-state index contributed by atoms with van der Waals surface area (Å²) in [5.41, 5.74) is 6.27. The van der Waals surface area contributed by atoms with Gasteiger partial charge in [-0.25, -0.2) is 0 Å². The van der Waals surface area contributed by atoms with Gasteiger partial charge in [0.05, 0.1) is 11.8 Å². The summed E-state index contributed by atoms with van der Waals surface area (Å²) in [5.74, 6) is 0.0446. The maximum Gasteiger partial charge on any atom is 0.258 e. The lowest BCUT2D eigenvalue weighted by Crippen LogP contribution is -2.31. The molecule has 0 aromatic carbocycles. The number of nitrogens with two attached hydrogens (primary N) is 1. The fraction of sp³-hybridized carbons (Fsp3) is 0.600. The molecule has 1 aliphatic heterocycles. The zero-order valence-corrected chi connectivity index (χ0v) is 9.42. The van der Waals surface area contributed by atoms with E-state index in [-0.39, 0.29) is 5.91 Å². The van der Waals surface area contributed by atoms with Crippen molar-refractivity contribution in [2.45, 2.75) is 25.7 Å². The number of rotatable bonds is 1. The molecule has 0 atom stereocenters. The van der Waals surface area contributed by atoms with E-state index in [4.69, 9.17) is 5.73 Å². The molecule has 2 rings (SSSR count). The molecule has 0 aliphatic carbocycles. The molecule has 2 N–H and O–H groups in total. The molecule has 0 bridgehead atoms. The lowest BCUT2D eigenvalue weighted by Gasteiger charge is -2.19. The van der Waals surface area contributed by atoms with Crippen LogP contribution < -0.4 is 5.73 Å². The number of aromatic nitrogens is 1. The molecule has 15 heavy (non-hydrogen) atoms. The van der Waals surface area contributed by atoms with Gasteiger partial charge in [0.1, 0.15) is 5.00 Å². The number of hydrogen-bond donors (Lipinski definition) is 1. The topological polar surface area (TPSA) is 59.2 Å². The van der Waals surface area contributed by atoms with E-state index in [1.54, 1.807) is 6.20 Å². The predicted octanol–water partition coefficient (Wildman–Crippen LogP) is 1.74. The minimum Gasteiger partial charge on any atom is -0.389 e. The van der Waals surface area contributed by atoms with Crippen molar-refractivity contribution in [1.29, 1.82) is 0 Å². The smallest absolute Gasteiger partial charge is 0.258 e. The first kappa shape index (κ1) is 10.4. The number of likely N-dealkylation sites (tertiary alicyclic amines) is 1. The summed E-state index contributed by atoms with van der Waals surface area (Å²) in [6, 6.07) is 0. The van der Waals surface area contributed by atoms with Crippen molar-refractivity contribution in [3.63, 3.8) is 0 Å². The molecule has 1 aromatic heterocycles. The van der Waals surface area contributed by atoms with Gasteiger partial charge in [-0.1, -0.05) is 12.8 Å². The van der Waals surface area contributed by atoms with Gasteiger partial charge in [-0.05, 0) is 24.4 Å². The number of anilines is 1. The van der Waals surface area contributed by atoms with Crippen LogP contribution in [0.3, 0.4) is 0 Å². The van der Waals surface area contributed by atoms with E-state index in [2.05, 4.69) is 4.37 Å². The second-order valence-electron chi connectivity index (χ2n) is 3.81. The van der Waals surface area contributed by atoms with Crippen molar-refractivity contribution >= 4 is 22.4 Å². The molecule has 5 heteroatoms. The molecule has 0 radical (unpaired) electrons. The van der Waals surface area contributed by atoms with Crippen LogP contribution in [0.15, 0.2) is 6.20 Å². The van der Waals surface area contributed by atoms with E-state index >= 15 is 0 Å². The van der Waals surface area contributed by atoms with Gasteiger partial charge in [0.15, 0.2) is 0 Å². The van der Waals surface area contributed by atoms with Gasteiger partial charge >= 0.3 is 0 Å². The SMILES string of the molecule is Nc1sncc1C(=O)N1CCCCCC1. The Morgan fingerprint density at radius 2 is 2.00 bits per heavy atom. The molecule has 1 fully saturated rings. The summed E-state index contributed by atoms with van der Waals surface area (Å²) < 4.78 is 3.93. The van der Waals surface area contributed by atoms with Crippen LogP contribution in [0.25, 0.3) is 0 Å². The number of carbonyl (C=O) groups is 1. The van der Waals surface area contributed by atoms with Gasteiger partial charge in [0.2, 0.25) is 0 Å². The Labute approximate surface area is 93.2 Å². The van der Waals surface area contributed by atoms with Gasteiger partial charge in [-0.15, -0.1) is 0 Å². The molecule has 1 aromatic rings. The van der Waals surface area contributed by atoms with Crippen molar-refractivity contribution in [3.05, 3.63) is 11.8 Å². The highest BCUT2D eigenvalue weighted by Crippen LogP contribution is 2.19. The van der Waals surface area contributed by atoms with Crippen LogP contribution in [-0.2, 0) is 0 Å². The molecular weight excluding hydrogens is 210 g/mol. The molecule has 0 spiro atoms. The highest BCUT2D eigenvalue weighted by molar-refractivity contribution is 7.10. The molecule has 1 aliphatic rings. The highest BCUT2D eigenvalue weighted by atomic mass is 32.1. The largest absolute Gasteiger partial charge is 0.389 e. The van der Waals surface area contributed by atoms with Crippen molar-refractivity contribution < 1.29 is 4.79 Å². The lowest BCUT2D eigenvalue weighted by atomic mass is 10.2. The zero-order valence-electron chi connectivity index (χ0n) is 8.61. The minimum absolute atomic E-state index is 0.0446. The summed E-state index contributed by atoms with van der Waals surface area (Å²) in [4.78, 5) is 13.9. The van der Waals surface area contributed by atoms with Crippen LogP contribution in [0.5, 0.6) is 0 Å². The Kier molecular flexibility index (Phi) is 3.20. The third kappa shape index (κ3) is 2.28. The molecule has 0 unspecified atom stereocenters. The van der Waals surface area contributed by atoms with Crippen LogP contribution in [0, 0.1) is 0 Å². The maximum atomic E-state index is 12.0. The van der Waals surface area contributed by atoms with E-state index in [1.165, 1.54) is 24.4 Å². The van der Waals surface area contributed by atoms with E-state index in [1.807, 2.05) is 4.90 Å². The molecule has 0 saturated carbocycles. The summed E-state index contributed by atoms with van der Waals surface area (Å²) in [5, 5.41) is 0.532. The Bertz CT molecular complexity index is 342. The third-order valence-corrected chi connectivity index (χ3v) is 3.35. The molecule has 1 saturated heterocycles. The fourth-order valence-electron chi connectivity index (χ4n) is 1.85. The molecule has 4 nitrogen and oxygen atoms in total. The molecule has 82 valence electrons. The van der Waals surface area contributed by atoms with E-state index in [0.717, 1.165) is 25.9 Å². The Hall–Kier alpha value is -1.10. The average Bonchev–Trinajstić information content (AvgIpc) is 2.53. The molecule has 1 amide bonds. The monoisotopic (exact) mass is 225 g/mol. The standard InChI is InChI=1S/C10H15N3OS/c11-9-8(7-12-15-9)10(14)13-5-3-1-2-4-6-13/h7H,1-6,11H2. The van der Waals surface area contributed by atoms with E-state index in [9.17, 15) is 4.79 Å². The number of carbonyl (C=O) groups excluding carboxylic acids is 1. The van der Waals surface area contributed by atoms with Crippen molar-refractivity contribution in [2.24, 2.45) is 0 Å². The molecule has 2 heterocycles. The van der Waals surface area contributed by atoms with Crippen molar-refractivity contribution in [3.8, 4) is 0 Å². The Morgan fingerprint density at radius 1 is 1.33 bits per heavy atom. The maximum absolute atomic E-state index is 12.0. The number of amides is 1. The lowest BCUT2D eigenvalue weighted by molar-refractivity contribution is 0.0763. The van der Waals surface area contributed by atoms with Gasteiger partial charge in [0, 0.05) is 13.1 Å². The van der Waals surface area contributed by atoms with Crippen LogP contribution in [0.1, 0.15) is 36.0 Å². The fourth-order valence-corrected chi connectivity index (χ4v) is 2.36. The Balaban J connectivity index is 2.09. The number of hydrogen-bond acceptors (Lipinski definition) is 4. The van der Waals surface area contributed by atoms with Gasteiger partial charge < -0.3 is 10.6 Å². The second kappa shape index (κ2) is 4.61. The summed E-state index contributed by atoms with van der Waals surface area (Å²) in [6.07, 6.45) is 6.22. The molecular formula is C10H15N3OS. The van der Waals surface area contributed by atoms with E-state index < -0.39 is 0 Å². The summed E-state index contributed by atoms with van der Waals surface area (Å²) in [6.45, 7) is 1.71. The first-order chi connectivity index (χ1) is 7.29. The summed E-state index contributed by atoms with van der Waals surface area (Å²) >= 11 is 1.18. The van der Waals surface area contributed by atoms with E-state index in [0.29, 0.717) is 10.6 Å². The number of nitrogen functional groups attached to an aromatic ring is 1. The highest BCUT2D eigenvalue weighted by Gasteiger charge is 2.20. The van der Waals surface area contributed by atoms with Crippen LogP contribution in [0.2, 0.25) is 0 Å². The normalized spacial score (nSPS) is 17.5. The van der Waals surface area contributed by atoms with Crippen LogP contribution in [0.4, 0.5) is 5.00 Å². The average molecular weight is 225 g/mol. The first-order valence-electron chi connectivity index (χ1n) is 5.28. The van der Waals surface area contributed by atoms with Gasteiger partial charge in [0.25, 0.3) is 5.91 Å². The zero-order chi connectivity index (χ0) is 10.7. The van der Waals surface area contributed by atoms with Crippen molar-refractivity contribution in [2.75, 3.05) is 18.8 Å². The Morgan fingerprint density at radius 3 is 2.53 bits per heavy atom. The van der Waals surface area contributed by atoms with Gasteiger partial charge in [-0.2, -0.15) is 4.37 Å². The minimum atomic E-state index is 0.0446. The predicted molar refractivity (Wildman–Crippen MR) is 60.9 cm³/mol. The van der Waals surface area contributed by atoms with Crippen LogP contribution in [-0.4, -0.2) is 28.3 Å². The third-order valence-electron chi connectivity index (χ3n) is 2.72. The second-order valence-corrected chi connectivity index (χ2v) is 4.64. The first-order valence-corrected chi connectivity index (χ1v) is 6.06. The van der Waals surface area contributed by atoms with Gasteiger partial charge in [-0.3, -0.25) is 4.79 Å². The summed E-state index contributed by atoms with van der Waals surface area (Å²) in [7, 11) is 0. The quantitative estimate of drug-likeness (QED) is 0.792. The van der Waals surface area contributed by atoms with Crippen LogP contribution >= 0.6 is 11.5 Å².